The predicted molar refractivity (Wildman–Crippen MR) is 70.2 cm³/mol. The number of nitro groups is 1. The maximum Gasteiger partial charge on any atom is 0.294 e. The van der Waals surface area contributed by atoms with Crippen molar-refractivity contribution >= 4 is 5.91 Å². The zero-order chi connectivity index (χ0) is 13.7. The van der Waals surface area contributed by atoms with Crippen LogP contribution >= 0.6 is 0 Å². The van der Waals surface area contributed by atoms with Crippen LogP contribution in [0.25, 0.3) is 0 Å². The molecule has 0 unspecified atom stereocenters. The number of nitrogens with zero attached hydrogens (tertiary/aromatic N) is 3. The highest BCUT2D eigenvalue weighted by Crippen LogP contribution is 2.08. The number of rotatable bonds is 4. The molecule has 1 amide bonds. The Morgan fingerprint density at radius 1 is 1.16 bits per heavy atom. The van der Waals surface area contributed by atoms with E-state index in [9.17, 15) is 14.9 Å². The molecule has 0 aliphatic carbocycles. The Kier molecular flexibility index (Phi) is 4.46. The van der Waals surface area contributed by atoms with Crippen LogP contribution in [0.2, 0.25) is 0 Å². The number of benzene rings is 1. The summed E-state index contributed by atoms with van der Waals surface area (Å²) < 4.78 is 0. The van der Waals surface area contributed by atoms with E-state index >= 15 is 0 Å². The summed E-state index contributed by atoms with van der Waals surface area (Å²) in [6, 6.07) is 10.1. The lowest BCUT2D eigenvalue weighted by molar-refractivity contribution is -0.468. The van der Waals surface area contributed by atoms with Crippen molar-refractivity contribution < 1.29 is 9.72 Å². The molecule has 102 valence electrons. The van der Waals surface area contributed by atoms with E-state index in [1.165, 1.54) is 5.56 Å². The maximum atomic E-state index is 11.5. The summed E-state index contributed by atoms with van der Waals surface area (Å²) in [7, 11) is 0. The molecule has 0 N–H and O–H groups in total. The van der Waals surface area contributed by atoms with Gasteiger partial charge in [0.1, 0.15) is 0 Å². The summed E-state index contributed by atoms with van der Waals surface area (Å²) in [5, 5.41) is 10.3. The highest BCUT2D eigenvalue weighted by molar-refractivity contribution is 5.77. The van der Waals surface area contributed by atoms with Crippen molar-refractivity contribution in [2.75, 3.05) is 32.7 Å². The van der Waals surface area contributed by atoms with Crippen molar-refractivity contribution in [3.8, 4) is 0 Å². The van der Waals surface area contributed by atoms with Crippen molar-refractivity contribution in [2.24, 2.45) is 0 Å². The average Bonchev–Trinajstić information content (AvgIpc) is 2.40. The first-order valence-corrected chi connectivity index (χ1v) is 6.31. The zero-order valence-corrected chi connectivity index (χ0v) is 10.7. The van der Waals surface area contributed by atoms with Crippen LogP contribution < -0.4 is 0 Å². The third kappa shape index (κ3) is 4.03. The largest absolute Gasteiger partial charge is 0.334 e. The summed E-state index contributed by atoms with van der Waals surface area (Å²) in [4.78, 5) is 25.1. The van der Waals surface area contributed by atoms with E-state index in [0.717, 1.165) is 19.6 Å². The molecule has 1 saturated heterocycles. The van der Waals surface area contributed by atoms with Gasteiger partial charge < -0.3 is 4.90 Å². The number of carbonyl (C=O) groups excluding carboxylic acids is 1. The molecule has 0 spiro atoms. The molecule has 1 aromatic rings. The first-order chi connectivity index (χ1) is 9.15. The fourth-order valence-corrected chi connectivity index (χ4v) is 2.21. The van der Waals surface area contributed by atoms with E-state index in [1.807, 2.05) is 18.2 Å². The minimum Gasteiger partial charge on any atom is -0.334 e. The van der Waals surface area contributed by atoms with Crippen LogP contribution in [0.3, 0.4) is 0 Å². The molecular weight excluding hydrogens is 246 g/mol. The second kappa shape index (κ2) is 6.29. The van der Waals surface area contributed by atoms with Gasteiger partial charge in [-0.1, -0.05) is 30.3 Å². The molecule has 1 aliphatic rings. The Labute approximate surface area is 111 Å². The van der Waals surface area contributed by atoms with Gasteiger partial charge in [-0.15, -0.1) is 0 Å². The highest BCUT2D eigenvalue weighted by Gasteiger charge is 2.23. The van der Waals surface area contributed by atoms with E-state index in [1.54, 1.807) is 4.90 Å². The van der Waals surface area contributed by atoms with Gasteiger partial charge in [-0.3, -0.25) is 19.8 Å². The number of hydrogen-bond donors (Lipinski definition) is 0. The van der Waals surface area contributed by atoms with Gasteiger partial charge in [0.05, 0.1) is 0 Å². The summed E-state index contributed by atoms with van der Waals surface area (Å²) in [5.41, 5.74) is 1.24. The molecule has 0 saturated carbocycles. The normalized spacial score (nSPS) is 16.3. The van der Waals surface area contributed by atoms with Crippen molar-refractivity contribution in [2.45, 2.75) is 6.54 Å². The molecule has 1 heterocycles. The molecule has 2 rings (SSSR count). The van der Waals surface area contributed by atoms with Crippen LogP contribution in [-0.4, -0.2) is 53.4 Å². The molecule has 0 aromatic heterocycles. The van der Waals surface area contributed by atoms with E-state index in [0.29, 0.717) is 13.1 Å². The van der Waals surface area contributed by atoms with Crippen LogP contribution in [0.1, 0.15) is 5.56 Å². The van der Waals surface area contributed by atoms with Crippen LogP contribution in [0.4, 0.5) is 0 Å². The van der Waals surface area contributed by atoms with E-state index < -0.39 is 11.5 Å². The number of amides is 1. The lowest BCUT2D eigenvalue weighted by Crippen LogP contribution is -2.49. The molecule has 19 heavy (non-hydrogen) atoms. The molecule has 0 atom stereocenters. The smallest absolute Gasteiger partial charge is 0.294 e. The summed E-state index contributed by atoms with van der Waals surface area (Å²) in [6.07, 6.45) is 0. The lowest BCUT2D eigenvalue weighted by atomic mass is 10.2. The van der Waals surface area contributed by atoms with E-state index in [-0.39, 0.29) is 5.91 Å². The Balaban J connectivity index is 1.79. The minimum atomic E-state index is -0.599. The van der Waals surface area contributed by atoms with Crippen LogP contribution in [0.15, 0.2) is 30.3 Å². The Bertz CT molecular complexity index is 442. The lowest BCUT2D eigenvalue weighted by Gasteiger charge is -2.34. The van der Waals surface area contributed by atoms with Gasteiger partial charge in [0.15, 0.2) is 0 Å². The molecule has 0 radical (unpaired) electrons. The molecule has 1 fully saturated rings. The summed E-state index contributed by atoms with van der Waals surface area (Å²) >= 11 is 0. The third-order valence-corrected chi connectivity index (χ3v) is 3.24. The zero-order valence-electron chi connectivity index (χ0n) is 10.7. The molecule has 6 heteroatoms. The fraction of sp³-hybridized carbons (Fsp3) is 0.462. The van der Waals surface area contributed by atoms with Crippen molar-refractivity contribution in [3.63, 3.8) is 0 Å². The van der Waals surface area contributed by atoms with Crippen LogP contribution in [0, 0.1) is 10.1 Å². The Hall–Kier alpha value is -1.95. The summed E-state index contributed by atoms with van der Waals surface area (Å²) in [6.45, 7) is 2.92. The minimum absolute atomic E-state index is 0.385. The van der Waals surface area contributed by atoms with Crippen LogP contribution in [-0.2, 0) is 11.3 Å². The van der Waals surface area contributed by atoms with Gasteiger partial charge in [0, 0.05) is 37.6 Å². The summed E-state index contributed by atoms with van der Waals surface area (Å²) in [5.74, 6) is -0.385. The molecular formula is C13H17N3O3. The molecule has 1 aliphatic heterocycles. The first-order valence-electron chi connectivity index (χ1n) is 6.31. The fourth-order valence-electron chi connectivity index (χ4n) is 2.21. The van der Waals surface area contributed by atoms with Gasteiger partial charge in [0.2, 0.25) is 0 Å². The number of carbonyl (C=O) groups is 1. The van der Waals surface area contributed by atoms with Crippen LogP contribution in [0.5, 0.6) is 0 Å². The highest BCUT2D eigenvalue weighted by atomic mass is 16.6. The number of hydrogen-bond acceptors (Lipinski definition) is 4. The van der Waals surface area contributed by atoms with E-state index in [2.05, 4.69) is 17.0 Å². The van der Waals surface area contributed by atoms with Gasteiger partial charge in [-0.25, -0.2) is 0 Å². The van der Waals surface area contributed by atoms with Crippen molar-refractivity contribution in [3.05, 3.63) is 46.0 Å². The van der Waals surface area contributed by atoms with Gasteiger partial charge in [0.25, 0.3) is 12.5 Å². The van der Waals surface area contributed by atoms with Gasteiger partial charge >= 0.3 is 0 Å². The molecule has 1 aromatic carbocycles. The Morgan fingerprint density at radius 2 is 1.79 bits per heavy atom. The second-order valence-electron chi connectivity index (χ2n) is 4.63. The second-order valence-corrected chi connectivity index (χ2v) is 4.63. The SMILES string of the molecule is O=C(C[N+](=O)[O-])N1CCN(Cc2ccccc2)CC1. The quantitative estimate of drug-likeness (QED) is 0.589. The monoisotopic (exact) mass is 263 g/mol. The molecule has 0 bridgehead atoms. The van der Waals surface area contributed by atoms with Gasteiger partial charge in [-0.2, -0.15) is 0 Å². The standard InChI is InChI=1S/C13H17N3O3/c17-13(11-16(18)19)15-8-6-14(7-9-15)10-12-4-2-1-3-5-12/h1-5H,6-11H2. The topological polar surface area (TPSA) is 66.7 Å². The Morgan fingerprint density at radius 3 is 2.37 bits per heavy atom. The van der Waals surface area contributed by atoms with E-state index in [4.69, 9.17) is 0 Å². The first kappa shape index (κ1) is 13.5. The predicted octanol–water partition coefficient (Wildman–Crippen LogP) is 0.607. The molecule has 6 nitrogen and oxygen atoms in total. The maximum absolute atomic E-state index is 11.5. The number of piperazine rings is 1. The van der Waals surface area contributed by atoms with Gasteiger partial charge in [-0.05, 0) is 5.56 Å². The van der Waals surface area contributed by atoms with Crippen molar-refractivity contribution in [1.82, 2.24) is 9.80 Å². The average molecular weight is 263 g/mol. The van der Waals surface area contributed by atoms with Crippen molar-refractivity contribution in [1.29, 1.82) is 0 Å². The third-order valence-electron chi connectivity index (χ3n) is 3.24.